The van der Waals surface area contributed by atoms with Gasteiger partial charge in [-0.25, -0.2) is 9.18 Å². The molecule has 0 saturated carbocycles. The van der Waals surface area contributed by atoms with E-state index < -0.39 is 17.9 Å². The lowest BCUT2D eigenvalue weighted by atomic mass is 9.92. The summed E-state index contributed by atoms with van der Waals surface area (Å²) in [6.45, 7) is 0.487. The molecule has 1 amide bonds. The number of benzene rings is 4. The second-order valence-corrected chi connectivity index (χ2v) is 10.8. The van der Waals surface area contributed by atoms with Crippen molar-refractivity contribution < 1.29 is 28.2 Å². The largest absolute Gasteiger partial charge is 0.480 e. The molecular weight excluding hydrogens is 553 g/mol. The van der Waals surface area contributed by atoms with E-state index in [2.05, 4.69) is 5.32 Å². The quantitative estimate of drug-likeness (QED) is 0.158. The maximum absolute atomic E-state index is 13.5. The van der Waals surface area contributed by atoms with Crippen LogP contribution in [-0.4, -0.2) is 35.0 Å². The first-order valence-electron chi connectivity index (χ1n) is 13.5. The Balaban J connectivity index is 1.39. The Hall–Kier alpha value is -4.40. The molecule has 5 aromatic rings. The van der Waals surface area contributed by atoms with Gasteiger partial charge in [-0.05, 0) is 94.4 Å². The van der Waals surface area contributed by atoms with Crippen LogP contribution in [0.5, 0.6) is 0 Å². The van der Waals surface area contributed by atoms with E-state index in [-0.39, 0.29) is 19.0 Å². The number of nitrogens with one attached hydrogen (secondary N) is 1. The summed E-state index contributed by atoms with van der Waals surface area (Å²) in [5.74, 6) is 0.0593. The molecule has 1 atom stereocenters. The Morgan fingerprint density at radius 3 is 2.50 bits per heavy atom. The van der Waals surface area contributed by atoms with Crippen LogP contribution >= 0.6 is 11.8 Å². The van der Waals surface area contributed by atoms with Gasteiger partial charge in [-0.15, -0.1) is 0 Å². The van der Waals surface area contributed by atoms with Crippen molar-refractivity contribution in [3.63, 3.8) is 0 Å². The van der Waals surface area contributed by atoms with E-state index in [1.54, 1.807) is 18.2 Å². The maximum atomic E-state index is 13.5. The molecule has 1 heterocycles. The van der Waals surface area contributed by atoms with E-state index in [1.807, 2.05) is 73.0 Å². The van der Waals surface area contributed by atoms with Crippen molar-refractivity contribution in [2.75, 3.05) is 12.0 Å². The first-order chi connectivity index (χ1) is 20.4. The predicted molar refractivity (Wildman–Crippen MR) is 164 cm³/mol. The first kappa shape index (κ1) is 29.1. The van der Waals surface area contributed by atoms with Crippen LogP contribution in [0.15, 0.2) is 101 Å². The van der Waals surface area contributed by atoms with Crippen LogP contribution in [0.2, 0.25) is 0 Å². The van der Waals surface area contributed by atoms with E-state index in [0.29, 0.717) is 34.8 Å². The molecule has 0 bridgehead atoms. The van der Waals surface area contributed by atoms with Gasteiger partial charge in [-0.3, -0.25) is 4.79 Å². The molecule has 2 N–H and O–H groups in total. The minimum Gasteiger partial charge on any atom is -0.480 e. The Kier molecular flexibility index (Phi) is 9.36. The lowest BCUT2D eigenvalue weighted by molar-refractivity contribution is -0.139. The van der Waals surface area contributed by atoms with Gasteiger partial charge in [0.05, 0.1) is 6.61 Å². The van der Waals surface area contributed by atoms with Crippen LogP contribution < -0.4 is 5.32 Å². The van der Waals surface area contributed by atoms with Gasteiger partial charge in [-0.1, -0.05) is 48.5 Å². The van der Waals surface area contributed by atoms with Gasteiger partial charge in [0, 0.05) is 11.1 Å². The second kappa shape index (κ2) is 13.5. The molecule has 42 heavy (non-hydrogen) atoms. The van der Waals surface area contributed by atoms with Gasteiger partial charge in [0.1, 0.15) is 30.0 Å². The fraction of sp³-hybridized carbons (Fsp3) is 0.176. The van der Waals surface area contributed by atoms with Crippen LogP contribution in [0.25, 0.3) is 33.2 Å². The number of amides is 1. The molecular formula is C34H30FNO5S. The molecule has 0 fully saturated rings. The van der Waals surface area contributed by atoms with E-state index in [9.17, 15) is 19.1 Å². The number of hydrogen-bond acceptors (Lipinski definition) is 5. The zero-order valence-corrected chi connectivity index (χ0v) is 23.8. The number of carbonyl (C=O) groups is 2. The summed E-state index contributed by atoms with van der Waals surface area (Å²) in [5, 5.41) is 14.4. The minimum atomic E-state index is -1.06. The van der Waals surface area contributed by atoms with Crippen LogP contribution in [0.1, 0.15) is 28.1 Å². The third-order valence-electron chi connectivity index (χ3n) is 6.93. The fourth-order valence-corrected chi connectivity index (χ4v) is 5.26. The SMILES string of the molecule is CSCC[C@H](NC(=O)c1ccc(COCc2ccc(-c3ccc(F)cc3)o2)cc1-c1cccc2ccccc12)C(=O)O. The van der Waals surface area contributed by atoms with Crippen molar-refractivity contribution in [3.05, 3.63) is 120 Å². The zero-order chi connectivity index (χ0) is 29.5. The van der Waals surface area contributed by atoms with E-state index >= 15 is 0 Å². The molecule has 0 aliphatic rings. The smallest absolute Gasteiger partial charge is 0.326 e. The first-order valence-corrected chi connectivity index (χ1v) is 14.9. The van der Waals surface area contributed by atoms with Gasteiger partial charge < -0.3 is 19.6 Å². The van der Waals surface area contributed by atoms with Crippen LogP contribution in [-0.2, 0) is 22.7 Å². The van der Waals surface area contributed by atoms with Crippen molar-refractivity contribution in [1.82, 2.24) is 5.32 Å². The topological polar surface area (TPSA) is 88.8 Å². The number of halogens is 1. The number of thioether (sulfide) groups is 1. The Morgan fingerprint density at radius 2 is 1.71 bits per heavy atom. The van der Waals surface area contributed by atoms with Crippen molar-refractivity contribution in [1.29, 1.82) is 0 Å². The molecule has 1 aromatic heterocycles. The zero-order valence-electron chi connectivity index (χ0n) is 23.0. The fourth-order valence-electron chi connectivity index (χ4n) is 4.79. The summed E-state index contributed by atoms with van der Waals surface area (Å²) in [7, 11) is 0. The Morgan fingerprint density at radius 1 is 0.929 bits per heavy atom. The number of carboxylic acid groups (broad SMARTS) is 1. The number of carboxylic acids is 1. The van der Waals surface area contributed by atoms with E-state index in [1.165, 1.54) is 23.9 Å². The number of hydrogen-bond donors (Lipinski definition) is 2. The minimum absolute atomic E-state index is 0.225. The number of aliphatic carboxylic acids is 1. The third kappa shape index (κ3) is 6.90. The molecule has 4 aromatic carbocycles. The van der Waals surface area contributed by atoms with Crippen LogP contribution in [0.3, 0.4) is 0 Å². The van der Waals surface area contributed by atoms with Crippen LogP contribution in [0.4, 0.5) is 4.39 Å². The molecule has 0 saturated heterocycles. The molecule has 214 valence electrons. The standard InChI is InChI=1S/C34H30FNO5S/c1-42-18-17-31(34(38)39)36-33(37)29-15-9-22(19-30(29)28-8-4-6-23-5-2-3-7-27(23)28)20-40-21-26-14-16-32(41-26)24-10-12-25(35)13-11-24/h2-16,19,31H,17-18,20-21H2,1H3,(H,36,37)(H,38,39)/t31-/m0/s1. The molecule has 5 rings (SSSR count). The highest BCUT2D eigenvalue weighted by molar-refractivity contribution is 7.98. The summed E-state index contributed by atoms with van der Waals surface area (Å²) in [6.07, 6.45) is 2.23. The summed E-state index contributed by atoms with van der Waals surface area (Å²) < 4.78 is 25.1. The number of rotatable bonds is 12. The van der Waals surface area contributed by atoms with E-state index in [0.717, 1.165) is 27.5 Å². The normalized spacial score (nSPS) is 11.9. The monoisotopic (exact) mass is 583 g/mol. The van der Waals surface area contributed by atoms with Crippen molar-refractivity contribution >= 4 is 34.4 Å². The Bertz CT molecular complexity index is 1690. The molecule has 0 aliphatic heterocycles. The molecule has 0 spiro atoms. The number of carbonyl (C=O) groups excluding carboxylic acids is 1. The predicted octanol–water partition coefficient (Wildman–Crippen LogP) is 7.56. The van der Waals surface area contributed by atoms with Crippen molar-refractivity contribution in [3.8, 4) is 22.5 Å². The van der Waals surface area contributed by atoms with Crippen LogP contribution in [0, 0.1) is 5.82 Å². The second-order valence-electron chi connectivity index (χ2n) is 9.82. The van der Waals surface area contributed by atoms with Gasteiger partial charge in [-0.2, -0.15) is 11.8 Å². The molecule has 6 nitrogen and oxygen atoms in total. The van der Waals surface area contributed by atoms with Gasteiger partial charge in [0.2, 0.25) is 0 Å². The maximum Gasteiger partial charge on any atom is 0.326 e. The summed E-state index contributed by atoms with van der Waals surface area (Å²) in [4.78, 5) is 25.3. The average Bonchev–Trinajstić information content (AvgIpc) is 3.48. The summed E-state index contributed by atoms with van der Waals surface area (Å²) >= 11 is 1.53. The molecule has 8 heteroatoms. The lowest BCUT2D eigenvalue weighted by Crippen LogP contribution is -2.41. The highest BCUT2D eigenvalue weighted by atomic mass is 32.2. The van der Waals surface area contributed by atoms with Crippen molar-refractivity contribution in [2.45, 2.75) is 25.7 Å². The average molecular weight is 584 g/mol. The van der Waals surface area contributed by atoms with Gasteiger partial charge in [0.15, 0.2) is 0 Å². The molecule has 0 radical (unpaired) electrons. The van der Waals surface area contributed by atoms with Gasteiger partial charge >= 0.3 is 5.97 Å². The Labute approximate surface area is 247 Å². The number of furan rings is 1. The van der Waals surface area contributed by atoms with Crippen molar-refractivity contribution in [2.24, 2.45) is 0 Å². The summed E-state index contributed by atoms with van der Waals surface area (Å²) in [6, 6.07) is 28.0. The molecule has 0 unspecified atom stereocenters. The highest BCUT2D eigenvalue weighted by Gasteiger charge is 2.23. The molecule has 0 aliphatic carbocycles. The van der Waals surface area contributed by atoms with E-state index in [4.69, 9.17) is 9.15 Å². The number of ether oxygens (including phenoxy) is 1. The number of fused-ring (bicyclic) bond motifs is 1. The summed E-state index contributed by atoms with van der Waals surface area (Å²) in [5.41, 5.74) is 3.56. The third-order valence-corrected chi connectivity index (χ3v) is 7.57. The lowest BCUT2D eigenvalue weighted by Gasteiger charge is -2.18. The van der Waals surface area contributed by atoms with Gasteiger partial charge in [0.25, 0.3) is 5.91 Å². The highest BCUT2D eigenvalue weighted by Crippen LogP contribution is 2.32.